The van der Waals surface area contributed by atoms with E-state index in [0.717, 1.165) is 60.8 Å². The number of rotatable bonds is 6. The Bertz CT molecular complexity index is 1690. The van der Waals surface area contributed by atoms with Gasteiger partial charge in [0.25, 0.3) is 0 Å². The average Bonchev–Trinajstić information content (AvgIpc) is 3.06. The van der Waals surface area contributed by atoms with Crippen molar-refractivity contribution in [1.82, 2.24) is 20.1 Å². The van der Waals surface area contributed by atoms with E-state index < -0.39 is 0 Å². The van der Waals surface area contributed by atoms with Crippen LogP contribution in [0.2, 0.25) is 5.02 Å². The summed E-state index contributed by atoms with van der Waals surface area (Å²) in [6, 6.07) is 25.7. The van der Waals surface area contributed by atoms with Crippen LogP contribution in [0.15, 0.2) is 101 Å². The van der Waals surface area contributed by atoms with E-state index in [2.05, 4.69) is 98.9 Å². The van der Waals surface area contributed by atoms with Crippen molar-refractivity contribution in [2.45, 2.75) is 26.4 Å². The lowest BCUT2D eigenvalue weighted by atomic mass is 9.96. The van der Waals surface area contributed by atoms with Crippen LogP contribution in [-0.2, 0) is 11.3 Å². The number of piperazine rings is 1. The Morgan fingerprint density at radius 3 is 2.41 bits per heavy atom. The van der Waals surface area contributed by atoms with E-state index in [1.807, 2.05) is 30.5 Å². The molecule has 0 radical (unpaired) electrons. The molecule has 0 saturated carbocycles. The fourth-order valence-electron chi connectivity index (χ4n) is 5.86. The standard InChI is InChI=1S/C37H42ClN7O/c1-27-3-7-30(8-4-27)37(43-34-13-14-40-35-24-32(38)11-12-33(34)35)31-9-5-29(6-10-31)25-44-17-19-45(20-18-44)36-23-28(2)42-26-39-15-21-46-22-16-41-36/h3-14,23-24,26,37H,15-22,25H2,1-2H3,(H,39,42)(H,40,43)/b28-23-,41-36?. The van der Waals surface area contributed by atoms with Gasteiger partial charge in [-0.15, -0.1) is 0 Å². The molecule has 0 amide bonds. The number of benzene rings is 3. The third-order valence-electron chi connectivity index (χ3n) is 8.43. The fourth-order valence-corrected chi connectivity index (χ4v) is 6.02. The van der Waals surface area contributed by atoms with E-state index in [0.29, 0.717) is 31.3 Å². The van der Waals surface area contributed by atoms with Gasteiger partial charge in [-0.05, 0) is 60.9 Å². The molecule has 8 nitrogen and oxygen atoms in total. The smallest absolute Gasteiger partial charge is 0.125 e. The molecule has 0 bridgehead atoms. The Labute approximate surface area is 276 Å². The first-order valence-electron chi connectivity index (χ1n) is 16.0. The number of amidine groups is 1. The molecule has 2 aliphatic heterocycles. The third-order valence-corrected chi connectivity index (χ3v) is 8.67. The largest absolute Gasteiger partial charge is 0.378 e. The van der Waals surface area contributed by atoms with E-state index in [1.165, 1.54) is 22.3 Å². The summed E-state index contributed by atoms with van der Waals surface area (Å²) >= 11 is 6.26. The van der Waals surface area contributed by atoms with E-state index in [9.17, 15) is 0 Å². The quantitative estimate of drug-likeness (QED) is 0.253. The van der Waals surface area contributed by atoms with Crippen molar-refractivity contribution in [2.75, 3.05) is 57.8 Å². The van der Waals surface area contributed by atoms with Crippen LogP contribution in [0.5, 0.6) is 0 Å². The summed E-state index contributed by atoms with van der Waals surface area (Å²) in [7, 11) is 0. The number of nitrogens with one attached hydrogen (secondary N) is 2. The van der Waals surface area contributed by atoms with Crippen LogP contribution >= 0.6 is 11.6 Å². The molecule has 3 aromatic carbocycles. The molecule has 1 saturated heterocycles. The Morgan fingerprint density at radius 1 is 0.891 bits per heavy atom. The number of fused-ring (bicyclic) bond motifs is 1. The zero-order valence-electron chi connectivity index (χ0n) is 26.6. The molecule has 6 rings (SSSR count). The molecule has 0 aliphatic carbocycles. The molecule has 238 valence electrons. The number of allylic oxidation sites excluding steroid dienone is 1. The van der Waals surface area contributed by atoms with Crippen LogP contribution in [0.4, 0.5) is 5.69 Å². The molecule has 2 N–H and O–H groups in total. The molecular formula is C37H42ClN7O. The number of halogens is 1. The van der Waals surface area contributed by atoms with Crippen LogP contribution in [-0.4, -0.2) is 79.4 Å². The molecule has 9 heteroatoms. The number of hydrogen-bond donors (Lipinski definition) is 2. The number of aromatic nitrogens is 1. The van der Waals surface area contributed by atoms with Crippen LogP contribution in [0, 0.1) is 6.92 Å². The second-order valence-corrected chi connectivity index (χ2v) is 12.3. The van der Waals surface area contributed by atoms with Gasteiger partial charge in [-0.1, -0.05) is 65.7 Å². The molecule has 1 atom stereocenters. The molecule has 0 spiro atoms. The zero-order valence-corrected chi connectivity index (χ0v) is 27.4. The Morgan fingerprint density at radius 2 is 1.63 bits per heavy atom. The summed E-state index contributed by atoms with van der Waals surface area (Å²) in [6.07, 6.45) is 5.70. The first-order chi connectivity index (χ1) is 22.5. The maximum absolute atomic E-state index is 6.26. The molecule has 1 fully saturated rings. The minimum Gasteiger partial charge on any atom is -0.378 e. The van der Waals surface area contributed by atoms with Crippen molar-refractivity contribution in [3.63, 3.8) is 0 Å². The lowest BCUT2D eigenvalue weighted by molar-refractivity contribution is 0.149. The number of aryl methyl sites for hydroxylation is 1. The number of hydrogen-bond acceptors (Lipinski definition) is 8. The molecule has 1 unspecified atom stereocenters. The van der Waals surface area contributed by atoms with E-state index in [1.54, 1.807) is 6.34 Å². The van der Waals surface area contributed by atoms with Crippen molar-refractivity contribution in [3.05, 3.63) is 118 Å². The van der Waals surface area contributed by atoms with E-state index in [4.69, 9.17) is 21.3 Å². The number of ether oxygens (including phenoxy) is 1. The van der Waals surface area contributed by atoms with Gasteiger partial charge in [-0.3, -0.25) is 19.9 Å². The summed E-state index contributed by atoms with van der Waals surface area (Å²) in [6.45, 7) is 11.5. The van der Waals surface area contributed by atoms with Gasteiger partial charge in [0.15, 0.2) is 0 Å². The van der Waals surface area contributed by atoms with Crippen molar-refractivity contribution >= 4 is 40.4 Å². The first kappa shape index (κ1) is 31.7. The Hall–Kier alpha value is -4.24. The van der Waals surface area contributed by atoms with Crippen LogP contribution < -0.4 is 10.6 Å². The predicted molar refractivity (Wildman–Crippen MR) is 190 cm³/mol. The van der Waals surface area contributed by atoms with E-state index >= 15 is 0 Å². The molecule has 2 aliphatic rings. The van der Waals surface area contributed by atoms with E-state index in [-0.39, 0.29) is 6.04 Å². The van der Waals surface area contributed by atoms with Gasteiger partial charge in [0.05, 0.1) is 44.2 Å². The maximum Gasteiger partial charge on any atom is 0.125 e. The molecular weight excluding hydrogens is 594 g/mol. The minimum absolute atomic E-state index is 0.0196. The summed E-state index contributed by atoms with van der Waals surface area (Å²) in [5.74, 6) is 1.01. The number of pyridine rings is 1. The van der Waals surface area contributed by atoms with Gasteiger partial charge in [0.2, 0.25) is 0 Å². The highest BCUT2D eigenvalue weighted by molar-refractivity contribution is 6.31. The first-order valence-corrected chi connectivity index (χ1v) is 16.4. The van der Waals surface area contributed by atoms with Crippen LogP contribution in [0.25, 0.3) is 10.9 Å². The summed E-state index contributed by atoms with van der Waals surface area (Å²) < 4.78 is 5.65. The second-order valence-electron chi connectivity index (χ2n) is 11.9. The van der Waals surface area contributed by atoms with Crippen molar-refractivity contribution < 1.29 is 4.74 Å². The topological polar surface area (TPSA) is 77.4 Å². The van der Waals surface area contributed by atoms with Gasteiger partial charge < -0.3 is 20.3 Å². The highest BCUT2D eigenvalue weighted by Crippen LogP contribution is 2.32. The third kappa shape index (κ3) is 8.31. The number of aliphatic imine (C=N–C) groups is 2. The van der Waals surface area contributed by atoms with Gasteiger partial charge in [-0.2, -0.15) is 0 Å². The summed E-state index contributed by atoms with van der Waals surface area (Å²) in [5.41, 5.74) is 7.91. The highest BCUT2D eigenvalue weighted by Gasteiger charge is 2.20. The lowest BCUT2D eigenvalue weighted by Crippen LogP contribution is -2.48. The van der Waals surface area contributed by atoms with Crippen molar-refractivity contribution in [2.24, 2.45) is 9.98 Å². The monoisotopic (exact) mass is 635 g/mol. The summed E-state index contributed by atoms with van der Waals surface area (Å²) in [5, 5.41) is 8.80. The normalized spacial score (nSPS) is 18.5. The minimum atomic E-state index is -0.0196. The predicted octanol–water partition coefficient (Wildman–Crippen LogP) is 6.47. The number of anilines is 1. The van der Waals surface area contributed by atoms with Gasteiger partial charge in [-0.25, -0.2) is 0 Å². The summed E-state index contributed by atoms with van der Waals surface area (Å²) in [4.78, 5) is 18.6. The SMILES string of the molecule is C/C1=C/C(N2CCN(Cc3ccc(C(Nc4ccnc5cc(Cl)ccc45)c4ccc(C)cc4)cc3)CC2)=NCCOCCN=CN1. The molecule has 1 aromatic heterocycles. The van der Waals surface area contributed by atoms with Crippen molar-refractivity contribution in [3.8, 4) is 0 Å². The van der Waals surface area contributed by atoms with Crippen LogP contribution in [0.3, 0.4) is 0 Å². The highest BCUT2D eigenvalue weighted by atomic mass is 35.5. The Kier molecular flexibility index (Phi) is 10.6. The molecule has 4 aromatic rings. The van der Waals surface area contributed by atoms with Gasteiger partial charge in [0, 0.05) is 60.7 Å². The Balaban J connectivity index is 1.13. The average molecular weight is 636 g/mol. The maximum atomic E-state index is 6.26. The molecule has 46 heavy (non-hydrogen) atoms. The lowest BCUT2D eigenvalue weighted by Gasteiger charge is -2.36. The van der Waals surface area contributed by atoms with Crippen molar-refractivity contribution in [1.29, 1.82) is 0 Å². The fraction of sp³-hybridized carbons (Fsp3) is 0.324. The second kappa shape index (κ2) is 15.4. The number of nitrogens with zero attached hydrogens (tertiary/aromatic N) is 5. The zero-order chi connectivity index (χ0) is 31.7. The van der Waals surface area contributed by atoms with Crippen LogP contribution in [0.1, 0.15) is 35.2 Å². The molecule has 3 heterocycles. The van der Waals surface area contributed by atoms with Gasteiger partial charge in [0.1, 0.15) is 5.84 Å². The van der Waals surface area contributed by atoms with Gasteiger partial charge >= 0.3 is 0 Å².